The molecule has 1 atom stereocenters. The average molecular weight is 464 g/mol. The number of aryl methyl sites for hydroxylation is 1. The van der Waals surface area contributed by atoms with Crippen LogP contribution in [0.1, 0.15) is 0 Å². The minimum atomic E-state index is -1.25. The Balaban J connectivity index is 1.73. The number of nitrogen functional groups attached to an aromatic ring is 1. The summed E-state index contributed by atoms with van der Waals surface area (Å²) in [5.74, 6) is 0.391. The van der Waals surface area contributed by atoms with Crippen LogP contribution in [0.3, 0.4) is 0 Å². The highest BCUT2D eigenvalue weighted by Crippen LogP contribution is 2.43. The molecular weight excluding hydrogens is 442 g/mol. The molecule has 9 heteroatoms. The lowest BCUT2D eigenvalue weighted by Crippen LogP contribution is -2.11. The fourth-order valence-corrected chi connectivity index (χ4v) is 6.23. The van der Waals surface area contributed by atoms with Gasteiger partial charge in [0.15, 0.2) is 5.65 Å². The Morgan fingerprint density at radius 2 is 1.97 bits per heavy atom. The van der Waals surface area contributed by atoms with Crippen molar-refractivity contribution in [1.82, 2.24) is 19.5 Å². The third kappa shape index (κ3) is 3.63. The van der Waals surface area contributed by atoms with Gasteiger partial charge in [-0.2, -0.15) is 0 Å². The van der Waals surface area contributed by atoms with Crippen molar-refractivity contribution in [3.63, 3.8) is 0 Å². The first-order chi connectivity index (χ1) is 15.6. The van der Waals surface area contributed by atoms with E-state index in [2.05, 4.69) is 9.97 Å². The SMILES string of the molecule is COCC[S+]([O-])c1sc2nc(-c3cnc4ncn(C)c4c3)cc(-c3ccccc3)c2c1N. The Kier molecular flexibility index (Phi) is 5.56. The van der Waals surface area contributed by atoms with Crippen molar-refractivity contribution in [2.45, 2.75) is 4.21 Å². The molecule has 1 aromatic carbocycles. The number of nitrogens with two attached hydrogens (primary N) is 1. The van der Waals surface area contributed by atoms with Crippen molar-refractivity contribution in [1.29, 1.82) is 0 Å². The van der Waals surface area contributed by atoms with E-state index < -0.39 is 11.2 Å². The van der Waals surface area contributed by atoms with Gasteiger partial charge in [0, 0.05) is 42.5 Å². The highest BCUT2D eigenvalue weighted by molar-refractivity contribution is 7.93. The molecule has 32 heavy (non-hydrogen) atoms. The first kappa shape index (κ1) is 20.9. The summed E-state index contributed by atoms with van der Waals surface area (Å²) in [6, 6.07) is 14.1. The van der Waals surface area contributed by atoms with Crippen LogP contribution in [0.15, 0.2) is 59.2 Å². The van der Waals surface area contributed by atoms with Gasteiger partial charge in [0.2, 0.25) is 4.21 Å². The number of fused-ring (bicyclic) bond motifs is 2. The lowest BCUT2D eigenvalue weighted by Gasteiger charge is -2.10. The number of benzene rings is 1. The van der Waals surface area contributed by atoms with E-state index >= 15 is 0 Å². The number of thiophene rings is 1. The number of imidazole rings is 1. The lowest BCUT2D eigenvalue weighted by atomic mass is 10.0. The molecule has 0 spiro atoms. The second kappa shape index (κ2) is 8.51. The lowest BCUT2D eigenvalue weighted by molar-refractivity contribution is 0.217. The Morgan fingerprint density at radius 3 is 2.75 bits per heavy atom. The zero-order valence-electron chi connectivity index (χ0n) is 17.6. The van der Waals surface area contributed by atoms with E-state index in [1.807, 2.05) is 54.1 Å². The second-order valence-corrected chi connectivity index (χ2v) is 10.1. The van der Waals surface area contributed by atoms with Gasteiger partial charge < -0.3 is 19.6 Å². The van der Waals surface area contributed by atoms with Gasteiger partial charge in [-0.15, -0.1) is 0 Å². The molecule has 0 amide bonds. The normalized spacial score (nSPS) is 12.6. The largest absolute Gasteiger partial charge is 0.611 e. The van der Waals surface area contributed by atoms with E-state index in [1.54, 1.807) is 19.6 Å². The number of hydrogen-bond acceptors (Lipinski definition) is 7. The molecule has 0 bridgehead atoms. The molecule has 4 aromatic heterocycles. The molecule has 7 nitrogen and oxygen atoms in total. The van der Waals surface area contributed by atoms with E-state index in [1.165, 1.54) is 11.3 Å². The van der Waals surface area contributed by atoms with Crippen LogP contribution >= 0.6 is 11.3 Å². The van der Waals surface area contributed by atoms with Crippen LogP contribution in [0, 0.1) is 0 Å². The monoisotopic (exact) mass is 463 g/mol. The van der Waals surface area contributed by atoms with Crippen molar-refractivity contribution in [3.8, 4) is 22.4 Å². The molecule has 0 aliphatic heterocycles. The second-order valence-electron chi connectivity index (χ2n) is 7.37. The fourth-order valence-electron chi connectivity index (χ4n) is 3.66. The van der Waals surface area contributed by atoms with E-state index in [0.717, 1.165) is 38.1 Å². The molecule has 0 aliphatic rings. The molecule has 162 valence electrons. The Morgan fingerprint density at radius 1 is 1.16 bits per heavy atom. The number of nitrogens with zero attached hydrogens (tertiary/aromatic N) is 4. The number of rotatable bonds is 6. The number of ether oxygens (including phenoxy) is 1. The standard InChI is InChI=1S/C23H21N5O2S2/c1-28-13-26-21-18(28)10-15(12-25-21)17-11-16(14-6-4-3-5-7-14)19-20(24)23(31-22(19)27-17)32(29)9-8-30-2/h3-7,10-13H,8-9,24H2,1-2H3. The van der Waals surface area contributed by atoms with Crippen LogP contribution in [0.5, 0.6) is 0 Å². The van der Waals surface area contributed by atoms with Crippen LogP contribution < -0.4 is 5.73 Å². The van der Waals surface area contributed by atoms with Crippen molar-refractivity contribution >= 4 is 49.6 Å². The molecule has 0 saturated carbocycles. The maximum absolute atomic E-state index is 12.9. The minimum absolute atomic E-state index is 0.391. The van der Waals surface area contributed by atoms with Gasteiger partial charge >= 0.3 is 0 Å². The summed E-state index contributed by atoms with van der Waals surface area (Å²) in [5, 5.41) is 0.834. The number of methoxy groups -OCH3 is 1. The number of pyridine rings is 2. The zero-order valence-corrected chi connectivity index (χ0v) is 19.2. The van der Waals surface area contributed by atoms with Crippen LogP contribution in [0.25, 0.3) is 43.8 Å². The van der Waals surface area contributed by atoms with Gasteiger partial charge in [-0.3, -0.25) is 0 Å². The summed E-state index contributed by atoms with van der Waals surface area (Å²) in [5.41, 5.74) is 12.3. The number of anilines is 1. The highest BCUT2D eigenvalue weighted by Gasteiger charge is 2.25. The topological polar surface area (TPSA) is 102 Å². The Hall–Kier alpha value is -2.98. The van der Waals surface area contributed by atoms with Crippen LogP contribution in [-0.4, -0.2) is 43.5 Å². The first-order valence-electron chi connectivity index (χ1n) is 10.00. The van der Waals surface area contributed by atoms with Gasteiger partial charge in [-0.25, -0.2) is 15.0 Å². The minimum Gasteiger partial charge on any atom is -0.611 e. The quantitative estimate of drug-likeness (QED) is 0.378. The molecule has 2 N–H and O–H groups in total. The molecule has 4 heterocycles. The van der Waals surface area contributed by atoms with Crippen molar-refractivity contribution in [2.24, 2.45) is 7.05 Å². The summed E-state index contributed by atoms with van der Waals surface area (Å²) in [7, 11) is 3.54. The summed E-state index contributed by atoms with van der Waals surface area (Å²) in [6.07, 6.45) is 3.53. The van der Waals surface area contributed by atoms with Gasteiger partial charge in [0.05, 0.1) is 24.1 Å². The first-order valence-corrected chi connectivity index (χ1v) is 12.1. The van der Waals surface area contributed by atoms with Gasteiger partial charge in [-0.1, -0.05) is 41.7 Å². The molecule has 0 saturated heterocycles. The predicted molar refractivity (Wildman–Crippen MR) is 130 cm³/mol. The Bertz CT molecular complexity index is 1410. The number of aromatic nitrogens is 4. The number of hydrogen-bond donors (Lipinski definition) is 1. The highest BCUT2D eigenvalue weighted by atomic mass is 32.2. The van der Waals surface area contributed by atoms with Crippen molar-refractivity contribution in [3.05, 3.63) is 55.0 Å². The van der Waals surface area contributed by atoms with Crippen LogP contribution in [-0.2, 0) is 23.0 Å². The third-order valence-electron chi connectivity index (χ3n) is 5.31. The zero-order chi connectivity index (χ0) is 22.2. The smallest absolute Gasteiger partial charge is 0.232 e. The maximum atomic E-state index is 12.9. The van der Waals surface area contributed by atoms with Gasteiger partial charge in [0.25, 0.3) is 0 Å². The van der Waals surface area contributed by atoms with E-state index in [0.29, 0.717) is 27.9 Å². The van der Waals surface area contributed by atoms with Gasteiger partial charge in [0.1, 0.15) is 16.3 Å². The molecule has 5 rings (SSSR count). The molecule has 0 aliphatic carbocycles. The molecular formula is C23H21N5O2S2. The maximum Gasteiger partial charge on any atom is 0.232 e. The van der Waals surface area contributed by atoms with E-state index in [-0.39, 0.29) is 0 Å². The molecule has 0 fully saturated rings. The molecule has 0 radical (unpaired) electrons. The summed E-state index contributed by atoms with van der Waals surface area (Å²) < 4.78 is 20.5. The summed E-state index contributed by atoms with van der Waals surface area (Å²) in [4.78, 5) is 14.4. The van der Waals surface area contributed by atoms with Crippen LogP contribution in [0.2, 0.25) is 0 Å². The average Bonchev–Trinajstić information content (AvgIpc) is 3.37. The fraction of sp³-hybridized carbons (Fsp3) is 0.174. The molecule has 5 aromatic rings. The summed E-state index contributed by atoms with van der Waals surface area (Å²) in [6.45, 7) is 0.404. The molecule has 1 unspecified atom stereocenters. The van der Waals surface area contributed by atoms with E-state index in [4.69, 9.17) is 15.5 Å². The van der Waals surface area contributed by atoms with Gasteiger partial charge in [-0.05, 0) is 23.3 Å². The summed E-state index contributed by atoms with van der Waals surface area (Å²) >= 11 is 0.124. The third-order valence-corrected chi connectivity index (χ3v) is 8.18. The van der Waals surface area contributed by atoms with Crippen molar-refractivity contribution < 1.29 is 9.29 Å². The predicted octanol–water partition coefficient (Wildman–Crippen LogP) is 4.25. The van der Waals surface area contributed by atoms with Crippen LogP contribution in [0.4, 0.5) is 5.69 Å². The Labute approximate surface area is 192 Å². The van der Waals surface area contributed by atoms with E-state index in [9.17, 15) is 4.55 Å². The van der Waals surface area contributed by atoms with Crippen molar-refractivity contribution in [2.75, 3.05) is 25.2 Å².